The van der Waals surface area contributed by atoms with Crippen LogP contribution in [0.1, 0.15) is 22.9 Å². The number of hydrogen-bond donors (Lipinski definition) is 2. The highest BCUT2D eigenvalue weighted by Gasteiger charge is 2.17. The van der Waals surface area contributed by atoms with E-state index in [0.717, 1.165) is 22.1 Å². The van der Waals surface area contributed by atoms with Crippen LogP contribution in [0.2, 0.25) is 0 Å². The zero-order valence-electron chi connectivity index (χ0n) is 12.2. The first-order valence-corrected chi connectivity index (χ1v) is 7.07. The molecule has 0 radical (unpaired) electrons. The van der Waals surface area contributed by atoms with E-state index in [1.54, 1.807) is 18.4 Å². The van der Waals surface area contributed by atoms with Crippen molar-refractivity contribution in [2.24, 2.45) is 0 Å². The van der Waals surface area contributed by atoms with Gasteiger partial charge in [0.25, 0.3) is 0 Å². The van der Waals surface area contributed by atoms with Gasteiger partial charge in [0.05, 0.1) is 25.6 Å². The Bertz CT molecular complexity index is 773. The molecule has 0 fully saturated rings. The van der Waals surface area contributed by atoms with Crippen LogP contribution >= 0.6 is 0 Å². The smallest absolute Gasteiger partial charge is 0.225 e. The van der Waals surface area contributed by atoms with Crippen molar-refractivity contribution < 1.29 is 18.7 Å². The fraction of sp³-hybridized carbons (Fsp3) is 0.235. The number of benzene rings is 1. The number of fused-ring (bicyclic) bond motifs is 1. The Labute approximate surface area is 127 Å². The molecule has 1 aromatic carbocycles. The number of nitrogens with one attached hydrogen (secondary N) is 1. The Hall–Kier alpha value is -2.53. The monoisotopic (exact) mass is 299 g/mol. The van der Waals surface area contributed by atoms with Crippen LogP contribution in [-0.2, 0) is 11.2 Å². The first-order valence-electron chi connectivity index (χ1n) is 7.07. The second-order valence-corrected chi connectivity index (χ2v) is 5.26. The lowest BCUT2D eigenvalue weighted by molar-refractivity contribution is -0.121. The summed E-state index contributed by atoms with van der Waals surface area (Å²) >= 11 is 0. The molecule has 22 heavy (non-hydrogen) atoms. The molecule has 0 aliphatic carbocycles. The molecule has 0 saturated carbocycles. The van der Waals surface area contributed by atoms with Crippen molar-refractivity contribution in [1.82, 2.24) is 5.32 Å². The molecule has 2 N–H and O–H groups in total. The quantitative estimate of drug-likeness (QED) is 0.759. The number of carbonyl (C=O) groups excluding carboxylic acids is 1. The Morgan fingerprint density at radius 3 is 2.91 bits per heavy atom. The highest BCUT2D eigenvalue weighted by molar-refractivity contribution is 5.88. The molecule has 114 valence electrons. The minimum absolute atomic E-state index is 0.188. The highest BCUT2D eigenvalue weighted by atomic mass is 16.3. The molecular weight excluding hydrogens is 282 g/mol. The summed E-state index contributed by atoms with van der Waals surface area (Å²) in [7, 11) is 0. The third-order valence-electron chi connectivity index (χ3n) is 3.57. The van der Waals surface area contributed by atoms with Gasteiger partial charge in [0.1, 0.15) is 17.4 Å². The van der Waals surface area contributed by atoms with Crippen LogP contribution in [0.25, 0.3) is 11.0 Å². The largest absolute Gasteiger partial charge is 0.467 e. The number of aryl methyl sites for hydroxylation is 1. The molecule has 0 aliphatic heterocycles. The molecule has 0 bridgehead atoms. The van der Waals surface area contributed by atoms with Gasteiger partial charge in [-0.3, -0.25) is 4.79 Å². The lowest BCUT2D eigenvalue weighted by Crippen LogP contribution is -2.31. The number of hydrogen-bond acceptors (Lipinski definition) is 4. The van der Waals surface area contributed by atoms with Crippen LogP contribution in [0.15, 0.2) is 51.7 Å². The van der Waals surface area contributed by atoms with Crippen LogP contribution in [0.5, 0.6) is 0 Å². The van der Waals surface area contributed by atoms with Gasteiger partial charge in [-0.15, -0.1) is 0 Å². The second-order valence-electron chi connectivity index (χ2n) is 5.26. The Balaban J connectivity index is 1.73. The number of aliphatic hydroxyl groups is 1. The van der Waals surface area contributed by atoms with Crippen molar-refractivity contribution >= 4 is 16.9 Å². The molecule has 0 saturated heterocycles. The lowest BCUT2D eigenvalue weighted by Gasteiger charge is -2.13. The molecule has 1 atom stereocenters. The van der Waals surface area contributed by atoms with E-state index < -0.39 is 6.04 Å². The van der Waals surface area contributed by atoms with E-state index in [4.69, 9.17) is 8.83 Å². The van der Waals surface area contributed by atoms with Gasteiger partial charge in [0, 0.05) is 10.9 Å². The van der Waals surface area contributed by atoms with Gasteiger partial charge in [0.2, 0.25) is 5.91 Å². The van der Waals surface area contributed by atoms with Crippen LogP contribution < -0.4 is 5.32 Å². The molecule has 0 aliphatic rings. The van der Waals surface area contributed by atoms with Gasteiger partial charge in [-0.1, -0.05) is 12.1 Å². The number of amides is 1. The SMILES string of the molecule is Cc1ccc2c(CC(=O)NC(CO)c3ccco3)coc2c1. The van der Waals surface area contributed by atoms with E-state index in [2.05, 4.69) is 5.32 Å². The van der Waals surface area contributed by atoms with Crippen LogP contribution in [0, 0.1) is 6.92 Å². The van der Waals surface area contributed by atoms with E-state index in [9.17, 15) is 9.90 Å². The summed E-state index contributed by atoms with van der Waals surface area (Å²) in [4.78, 5) is 12.2. The lowest BCUT2D eigenvalue weighted by atomic mass is 10.1. The number of aliphatic hydroxyl groups excluding tert-OH is 1. The average Bonchev–Trinajstić information content (AvgIpc) is 3.15. The van der Waals surface area contributed by atoms with E-state index in [0.29, 0.717) is 5.76 Å². The van der Waals surface area contributed by atoms with Crippen molar-refractivity contribution in [2.75, 3.05) is 6.61 Å². The third-order valence-corrected chi connectivity index (χ3v) is 3.57. The van der Waals surface area contributed by atoms with Gasteiger partial charge < -0.3 is 19.3 Å². The zero-order chi connectivity index (χ0) is 15.5. The fourth-order valence-corrected chi connectivity index (χ4v) is 2.44. The maximum absolute atomic E-state index is 12.2. The predicted molar refractivity (Wildman–Crippen MR) is 81.3 cm³/mol. The van der Waals surface area contributed by atoms with E-state index in [-0.39, 0.29) is 18.9 Å². The van der Waals surface area contributed by atoms with Crippen LogP contribution in [0.3, 0.4) is 0 Å². The third kappa shape index (κ3) is 2.89. The average molecular weight is 299 g/mol. The number of carbonyl (C=O) groups is 1. The molecule has 0 spiro atoms. The summed E-state index contributed by atoms with van der Waals surface area (Å²) in [6.45, 7) is 1.77. The van der Waals surface area contributed by atoms with Crippen molar-refractivity contribution in [3.05, 3.63) is 59.7 Å². The molecule has 3 aromatic rings. The van der Waals surface area contributed by atoms with Gasteiger partial charge in [-0.2, -0.15) is 0 Å². The topological polar surface area (TPSA) is 75.6 Å². The molecule has 2 aromatic heterocycles. The predicted octanol–water partition coefficient (Wildman–Crippen LogP) is 2.73. The summed E-state index contributed by atoms with van der Waals surface area (Å²) in [6, 6.07) is 8.78. The Kier molecular flexibility index (Phi) is 3.98. The molecule has 5 heteroatoms. The minimum Gasteiger partial charge on any atom is -0.467 e. The second kappa shape index (κ2) is 6.07. The summed E-state index contributed by atoms with van der Waals surface area (Å²) in [6.07, 6.45) is 3.30. The summed E-state index contributed by atoms with van der Waals surface area (Å²) < 4.78 is 10.7. The van der Waals surface area contributed by atoms with Crippen molar-refractivity contribution in [2.45, 2.75) is 19.4 Å². The van der Waals surface area contributed by atoms with Gasteiger partial charge in [0.15, 0.2) is 0 Å². The van der Waals surface area contributed by atoms with E-state index >= 15 is 0 Å². The van der Waals surface area contributed by atoms with Crippen molar-refractivity contribution in [3.63, 3.8) is 0 Å². The van der Waals surface area contributed by atoms with Crippen LogP contribution in [0.4, 0.5) is 0 Å². The highest BCUT2D eigenvalue weighted by Crippen LogP contribution is 2.23. The molecule has 1 amide bonds. The minimum atomic E-state index is -0.539. The first-order chi connectivity index (χ1) is 10.7. The van der Waals surface area contributed by atoms with Gasteiger partial charge >= 0.3 is 0 Å². The summed E-state index contributed by atoms with van der Waals surface area (Å²) in [5.74, 6) is 0.335. The van der Waals surface area contributed by atoms with E-state index in [1.165, 1.54) is 6.26 Å². The van der Waals surface area contributed by atoms with Gasteiger partial charge in [-0.05, 0) is 30.7 Å². The normalized spacial score (nSPS) is 12.5. The number of rotatable bonds is 5. The zero-order valence-corrected chi connectivity index (χ0v) is 12.2. The van der Waals surface area contributed by atoms with Crippen molar-refractivity contribution in [1.29, 1.82) is 0 Å². The maximum atomic E-state index is 12.2. The van der Waals surface area contributed by atoms with E-state index in [1.807, 2.05) is 25.1 Å². The first kappa shape index (κ1) is 14.4. The molecule has 3 rings (SSSR count). The fourth-order valence-electron chi connectivity index (χ4n) is 2.44. The summed E-state index contributed by atoms with van der Waals surface area (Å²) in [5, 5.41) is 13.1. The molecule has 2 heterocycles. The Morgan fingerprint density at radius 2 is 2.18 bits per heavy atom. The molecular formula is C17H17NO4. The van der Waals surface area contributed by atoms with Gasteiger partial charge in [-0.25, -0.2) is 0 Å². The Morgan fingerprint density at radius 1 is 1.32 bits per heavy atom. The summed E-state index contributed by atoms with van der Waals surface area (Å²) in [5.41, 5.74) is 2.70. The molecule has 5 nitrogen and oxygen atoms in total. The molecule has 1 unspecified atom stereocenters. The standard InChI is InChI=1S/C17H17NO4/c1-11-4-5-13-12(10-22-16(13)7-11)8-17(20)18-14(9-19)15-3-2-6-21-15/h2-7,10,14,19H,8-9H2,1H3,(H,18,20). The maximum Gasteiger partial charge on any atom is 0.225 e. The van der Waals surface area contributed by atoms with Crippen molar-refractivity contribution in [3.8, 4) is 0 Å². The number of furan rings is 2. The van der Waals surface area contributed by atoms with Crippen LogP contribution in [-0.4, -0.2) is 17.6 Å².